The van der Waals surface area contributed by atoms with Crippen molar-refractivity contribution in [3.63, 3.8) is 0 Å². The number of Topliss-reactive ketones (excluding diaryl/α,β-unsaturated/α-hetero) is 1. The van der Waals surface area contributed by atoms with E-state index in [9.17, 15) is 9.59 Å². The molecule has 0 aromatic carbocycles. The Bertz CT molecular complexity index is 546. The van der Waals surface area contributed by atoms with E-state index < -0.39 is 0 Å². The second-order valence-electron chi connectivity index (χ2n) is 8.39. The Labute approximate surface area is 127 Å². The predicted molar refractivity (Wildman–Crippen MR) is 81.7 cm³/mol. The maximum Gasteiger partial charge on any atom is 0.155 e. The Hall–Kier alpha value is -0.920. The largest absolute Gasteiger partial charge is 0.299 e. The summed E-state index contributed by atoms with van der Waals surface area (Å²) >= 11 is 0. The van der Waals surface area contributed by atoms with Gasteiger partial charge in [-0.1, -0.05) is 19.4 Å². The van der Waals surface area contributed by atoms with Crippen LogP contribution in [0.1, 0.15) is 65.2 Å². The molecule has 0 spiro atoms. The van der Waals surface area contributed by atoms with Crippen molar-refractivity contribution in [2.24, 2.45) is 28.6 Å². The Morgan fingerprint density at radius 2 is 1.67 bits per heavy atom. The summed E-state index contributed by atoms with van der Waals surface area (Å²) in [6.07, 6.45) is 10.2. The minimum Gasteiger partial charge on any atom is -0.299 e. The first-order valence-corrected chi connectivity index (χ1v) is 8.72. The average Bonchev–Trinajstić information content (AvgIpc) is 2.76. The number of allylic oxidation sites excluding steroid dienone is 1. The predicted octanol–water partition coefficient (Wildman–Crippen LogP) is 4.09. The van der Waals surface area contributed by atoms with Crippen LogP contribution < -0.4 is 0 Å². The van der Waals surface area contributed by atoms with Crippen molar-refractivity contribution < 1.29 is 9.59 Å². The van der Waals surface area contributed by atoms with Gasteiger partial charge in [0.2, 0.25) is 0 Å². The van der Waals surface area contributed by atoms with Crippen molar-refractivity contribution in [2.75, 3.05) is 0 Å². The van der Waals surface area contributed by atoms with Crippen LogP contribution in [0.5, 0.6) is 0 Å². The molecule has 4 rings (SSSR count). The summed E-state index contributed by atoms with van der Waals surface area (Å²) in [5.74, 6) is 2.88. The van der Waals surface area contributed by atoms with E-state index in [1.165, 1.54) is 18.4 Å². The highest BCUT2D eigenvalue weighted by molar-refractivity contribution is 5.91. The van der Waals surface area contributed by atoms with E-state index in [-0.39, 0.29) is 10.8 Å². The molecule has 2 heteroatoms. The molecule has 0 unspecified atom stereocenters. The Balaban J connectivity index is 1.70. The fourth-order valence-electron chi connectivity index (χ4n) is 6.33. The lowest BCUT2D eigenvalue weighted by molar-refractivity contribution is -0.132. The third-order valence-corrected chi connectivity index (χ3v) is 7.67. The Morgan fingerprint density at radius 3 is 2.48 bits per heavy atom. The highest BCUT2D eigenvalue weighted by Gasteiger charge is 2.58. The van der Waals surface area contributed by atoms with Crippen LogP contribution >= 0.6 is 0 Å². The number of ketones is 2. The standard InChI is InChI=1S/C19H26O2/c1-18-9-7-13(20)11-12(18)3-4-14-15-5-6-17(21)19(15,2)10-8-16(14)18/h11,14-16H,3-10H2,1-2H3/t14-,15+,16+,18-,19+/m1/s1. The minimum atomic E-state index is -0.0246. The Morgan fingerprint density at radius 1 is 0.905 bits per heavy atom. The lowest BCUT2D eigenvalue weighted by atomic mass is 9.47. The van der Waals surface area contributed by atoms with Gasteiger partial charge in [-0.15, -0.1) is 0 Å². The quantitative estimate of drug-likeness (QED) is 0.672. The van der Waals surface area contributed by atoms with Crippen molar-refractivity contribution in [2.45, 2.75) is 65.2 Å². The van der Waals surface area contributed by atoms with Gasteiger partial charge in [0, 0.05) is 18.3 Å². The molecule has 0 aromatic heterocycles. The van der Waals surface area contributed by atoms with Gasteiger partial charge in [-0.2, -0.15) is 0 Å². The highest BCUT2D eigenvalue weighted by atomic mass is 16.1. The molecule has 21 heavy (non-hydrogen) atoms. The number of hydrogen-bond donors (Lipinski definition) is 0. The summed E-state index contributed by atoms with van der Waals surface area (Å²) in [7, 11) is 0. The summed E-state index contributed by atoms with van der Waals surface area (Å²) < 4.78 is 0. The molecule has 0 radical (unpaired) electrons. The molecule has 114 valence electrons. The van der Waals surface area contributed by atoms with Crippen LogP contribution in [0.2, 0.25) is 0 Å². The Kier molecular flexibility index (Phi) is 2.81. The third kappa shape index (κ3) is 1.71. The van der Waals surface area contributed by atoms with Crippen molar-refractivity contribution in [3.8, 4) is 0 Å². The van der Waals surface area contributed by atoms with Gasteiger partial charge in [-0.3, -0.25) is 9.59 Å². The van der Waals surface area contributed by atoms with E-state index in [0.717, 1.165) is 38.5 Å². The SMILES string of the molecule is C[C@]12CC[C@H]3[C@H](CCC4=CC(=O)CC[C@]43C)[C@@H]1CCC2=O. The van der Waals surface area contributed by atoms with Crippen molar-refractivity contribution >= 4 is 11.6 Å². The molecule has 3 fully saturated rings. The fraction of sp³-hybridized carbons (Fsp3) is 0.789. The summed E-state index contributed by atoms with van der Waals surface area (Å²) in [6, 6.07) is 0. The van der Waals surface area contributed by atoms with Crippen LogP contribution in [0.15, 0.2) is 11.6 Å². The zero-order chi connectivity index (χ0) is 14.8. The van der Waals surface area contributed by atoms with E-state index in [2.05, 4.69) is 13.8 Å². The van der Waals surface area contributed by atoms with Gasteiger partial charge in [0.05, 0.1) is 0 Å². The first-order valence-electron chi connectivity index (χ1n) is 8.72. The molecule has 2 nitrogen and oxygen atoms in total. The van der Waals surface area contributed by atoms with E-state index in [1.54, 1.807) is 0 Å². The molecule has 0 saturated heterocycles. The maximum absolute atomic E-state index is 12.4. The zero-order valence-corrected chi connectivity index (χ0v) is 13.3. The number of rotatable bonds is 0. The molecule has 4 aliphatic carbocycles. The minimum absolute atomic E-state index is 0.0246. The van der Waals surface area contributed by atoms with Gasteiger partial charge in [0.1, 0.15) is 5.78 Å². The van der Waals surface area contributed by atoms with Gasteiger partial charge in [-0.05, 0) is 67.8 Å². The smallest absolute Gasteiger partial charge is 0.155 e. The van der Waals surface area contributed by atoms with Crippen LogP contribution in [0.4, 0.5) is 0 Å². The van der Waals surface area contributed by atoms with Crippen LogP contribution in [0.3, 0.4) is 0 Å². The second-order valence-corrected chi connectivity index (χ2v) is 8.39. The van der Waals surface area contributed by atoms with E-state index in [4.69, 9.17) is 0 Å². The van der Waals surface area contributed by atoms with Crippen LogP contribution in [0, 0.1) is 28.6 Å². The summed E-state index contributed by atoms with van der Waals surface area (Å²) in [5.41, 5.74) is 1.64. The summed E-state index contributed by atoms with van der Waals surface area (Å²) in [5, 5.41) is 0. The fourth-order valence-corrected chi connectivity index (χ4v) is 6.33. The first kappa shape index (κ1) is 13.7. The van der Waals surface area contributed by atoms with E-state index in [0.29, 0.717) is 29.3 Å². The molecule has 3 saturated carbocycles. The molecule has 0 aliphatic heterocycles. The normalized spacial score (nSPS) is 49.2. The molecule has 0 N–H and O–H groups in total. The molecule has 0 heterocycles. The van der Waals surface area contributed by atoms with Gasteiger partial charge >= 0.3 is 0 Å². The molecule has 0 bridgehead atoms. The summed E-state index contributed by atoms with van der Waals surface area (Å²) in [6.45, 7) is 4.64. The molecular formula is C19H26O2. The van der Waals surface area contributed by atoms with Crippen LogP contribution in [-0.2, 0) is 9.59 Å². The monoisotopic (exact) mass is 286 g/mol. The van der Waals surface area contributed by atoms with Crippen LogP contribution in [0.25, 0.3) is 0 Å². The van der Waals surface area contributed by atoms with Crippen LogP contribution in [-0.4, -0.2) is 11.6 Å². The number of fused-ring (bicyclic) bond motifs is 5. The van der Waals surface area contributed by atoms with E-state index >= 15 is 0 Å². The van der Waals surface area contributed by atoms with Crippen molar-refractivity contribution in [1.82, 2.24) is 0 Å². The van der Waals surface area contributed by atoms with Crippen molar-refractivity contribution in [3.05, 3.63) is 11.6 Å². The number of hydrogen-bond acceptors (Lipinski definition) is 2. The molecule has 0 amide bonds. The topological polar surface area (TPSA) is 34.1 Å². The summed E-state index contributed by atoms with van der Waals surface area (Å²) in [4.78, 5) is 24.1. The molecule has 0 aromatic rings. The van der Waals surface area contributed by atoms with Gasteiger partial charge in [-0.25, -0.2) is 0 Å². The lowest BCUT2D eigenvalue weighted by Gasteiger charge is -2.56. The van der Waals surface area contributed by atoms with Crippen molar-refractivity contribution in [1.29, 1.82) is 0 Å². The molecular weight excluding hydrogens is 260 g/mol. The average molecular weight is 286 g/mol. The maximum atomic E-state index is 12.4. The molecule has 5 atom stereocenters. The van der Waals surface area contributed by atoms with Gasteiger partial charge in [0.25, 0.3) is 0 Å². The third-order valence-electron chi connectivity index (χ3n) is 7.67. The molecule has 4 aliphatic rings. The van der Waals surface area contributed by atoms with Gasteiger partial charge < -0.3 is 0 Å². The zero-order valence-electron chi connectivity index (χ0n) is 13.3. The van der Waals surface area contributed by atoms with Gasteiger partial charge in [0.15, 0.2) is 5.78 Å². The first-order chi connectivity index (χ1) is 9.95. The highest BCUT2D eigenvalue weighted by Crippen LogP contribution is 2.64. The lowest BCUT2D eigenvalue weighted by Crippen LogP contribution is -2.50. The number of carbonyl (C=O) groups is 2. The van der Waals surface area contributed by atoms with E-state index in [1.807, 2.05) is 6.08 Å². The number of carbonyl (C=O) groups excluding carboxylic acids is 2. The second kappa shape index (κ2) is 4.30.